The molecule has 0 unspecified atom stereocenters. The Balaban J connectivity index is 2.31. The number of rotatable bonds is 6. The van der Waals surface area contributed by atoms with Crippen LogP contribution in [0.2, 0.25) is 36.3 Å². The summed E-state index contributed by atoms with van der Waals surface area (Å²) in [5, 5.41) is 0.184. The van der Waals surface area contributed by atoms with Gasteiger partial charge in [0.05, 0.1) is 5.69 Å². The monoisotopic (exact) mass is 482 g/mol. The fourth-order valence-electron chi connectivity index (χ4n) is 3.17. The third-order valence-electron chi connectivity index (χ3n) is 7.26. The summed E-state index contributed by atoms with van der Waals surface area (Å²) in [6.45, 7) is 24.0. The van der Waals surface area contributed by atoms with Gasteiger partial charge in [0.15, 0.2) is 8.24 Å². The highest BCUT2D eigenvalue weighted by Gasteiger charge is 2.43. The van der Waals surface area contributed by atoms with Crippen molar-refractivity contribution < 1.29 is 9.22 Å². The summed E-state index contributed by atoms with van der Waals surface area (Å²) < 4.78 is 8.56. The number of hydrogen-bond acceptors (Lipinski definition) is 3. The Hall–Kier alpha value is -2.19. The summed E-state index contributed by atoms with van der Waals surface area (Å²) in [7, 11) is -3.99. The van der Waals surface area contributed by atoms with Crippen molar-refractivity contribution in [2.24, 2.45) is 4.99 Å². The van der Waals surface area contributed by atoms with Gasteiger partial charge in [-0.05, 0) is 59.6 Å². The Kier molecular flexibility index (Phi) is 7.86. The summed E-state index contributed by atoms with van der Waals surface area (Å²) in [6.07, 6.45) is 1.87. The lowest BCUT2D eigenvalue weighted by Gasteiger charge is -2.45. The lowest BCUT2D eigenvalue weighted by Crippen LogP contribution is -2.57. The minimum atomic E-state index is -2.04. The molecule has 4 nitrogen and oxygen atoms in total. The van der Waals surface area contributed by atoms with Crippen molar-refractivity contribution in [3.63, 3.8) is 0 Å². The van der Waals surface area contributed by atoms with Crippen LogP contribution in [0.25, 0.3) is 0 Å². The molecule has 0 spiro atoms. The molecule has 0 bridgehead atoms. The fourth-order valence-corrected chi connectivity index (χ4v) is 6.47. The molecular weight excluding hydrogens is 440 g/mol. The van der Waals surface area contributed by atoms with E-state index in [4.69, 9.17) is 9.42 Å². The lowest BCUT2D eigenvalue weighted by atomic mass is 10.2. The molecule has 0 fully saturated rings. The molecule has 2 rings (SSSR count). The highest BCUT2D eigenvalue weighted by Crippen LogP contribution is 2.41. The van der Waals surface area contributed by atoms with Crippen LogP contribution in [0.3, 0.4) is 0 Å². The third kappa shape index (κ3) is 6.24. The van der Waals surface area contributed by atoms with Crippen LogP contribution in [0.5, 0.6) is 5.75 Å². The maximum absolute atomic E-state index is 12.6. The summed E-state index contributed by atoms with van der Waals surface area (Å²) in [5.74, 6) is 0.972. The van der Waals surface area contributed by atoms with Crippen molar-refractivity contribution in [1.29, 1.82) is 0 Å². The maximum atomic E-state index is 12.6. The SMILES string of the molecule is CC(=O)N(c1ccc(N=Cc2ccccc2O[Si](C)(C)C(C)(C)C)cc1)[Si](C)(C)C(C)(C)C. The normalized spacial score (nSPS) is 13.3. The van der Waals surface area contributed by atoms with E-state index in [9.17, 15) is 4.79 Å². The summed E-state index contributed by atoms with van der Waals surface area (Å²) in [6, 6.07) is 16.0. The molecule has 0 radical (unpaired) electrons. The number of carbonyl (C=O) groups is 1. The van der Waals surface area contributed by atoms with E-state index >= 15 is 0 Å². The van der Waals surface area contributed by atoms with E-state index in [1.165, 1.54) is 0 Å². The first-order valence-electron chi connectivity index (χ1n) is 11.7. The number of aliphatic imine (C=N–C) groups is 1. The van der Waals surface area contributed by atoms with Crippen molar-refractivity contribution in [3.8, 4) is 5.75 Å². The van der Waals surface area contributed by atoms with Gasteiger partial charge in [0, 0.05) is 24.4 Å². The Labute approximate surface area is 203 Å². The van der Waals surface area contributed by atoms with Crippen molar-refractivity contribution in [1.82, 2.24) is 0 Å². The first kappa shape index (κ1) is 27.1. The molecule has 2 aromatic rings. The molecule has 0 atom stereocenters. The van der Waals surface area contributed by atoms with Gasteiger partial charge in [-0.25, -0.2) is 0 Å². The average Bonchev–Trinajstić information content (AvgIpc) is 2.66. The summed E-state index contributed by atoms with van der Waals surface area (Å²) in [4.78, 5) is 17.3. The maximum Gasteiger partial charge on any atom is 0.250 e. The predicted octanol–water partition coefficient (Wildman–Crippen LogP) is 8.18. The molecule has 33 heavy (non-hydrogen) atoms. The fraction of sp³-hybridized carbons (Fsp3) is 0.481. The van der Waals surface area contributed by atoms with Crippen LogP contribution in [0, 0.1) is 0 Å². The van der Waals surface area contributed by atoms with Crippen LogP contribution < -0.4 is 8.99 Å². The van der Waals surface area contributed by atoms with Gasteiger partial charge < -0.3 is 8.99 Å². The number of nitrogens with zero attached hydrogens (tertiary/aromatic N) is 2. The Morgan fingerprint density at radius 2 is 1.42 bits per heavy atom. The van der Waals surface area contributed by atoms with E-state index in [-0.39, 0.29) is 16.0 Å². The summed E-state index contributed by atoms with van der Waals surface area (Å²) in [5.41, 5.74) is 2.76. The molecule has 6 heteroatoms. The van der Waals surface area contributed by atoms with Crippen LogP contribution >= 0.6 is 0 Å². The highest BCUT2D eigenvalue weighted by atomic mass is 28.4. The van der Waals surface area contributed by atoms with Crippen LogP contribution in [0.4, 0.5) is 11.4 Å². The van der Waals surface area contributed by atoms with Crippen LogP contribution in [-0.4, -0.2) is 28.7 Å². The van der Waals surface area contributed by atoms with E-state index in [0.717, 1.165) is 22.7 Å². The molecule has 0 N–H and O–H groups in total. The number of benzene rings is 2. The van der Waals surface area contributed by atoms with Gasteiger partial charge in [-0.2, -0.15) is 0 Å². The van der Waals surface area contributed by atoms with Gasteiger partial charge in [-0.1, -0.05) is 66.8 Å². The second kappa shape index (κ2) is 9.59. The smallest absolute Gasteiger partial charge is 0.250 e. The van der Waals surface area contributed by atoms with E-state index in [1.54, 1.807) is 6.92 Å². The standard InChI is InChI=1S/C27H42N2O2Si2/c1-21(30)29(32(8,9)26(2,3)4)24-18-16-23(17-19-24)28-20-22-14-12-13-15-25(22)31-33(10,11)27(5,6)7/h12-20H,1-11H3. The van der Waals surface area contributed by atoms with Gasteiger partial charge >= 0.3 is 0 Å². The van der Waals surface area contributed by atoms with Gasteiger partial charge in [0.1, 0.15) is 5.75 Å². The first-order chi connectivity index (χ1) is 15.0. The van der Waals surface area contributed by atoms with Crippen LogP contribution in [0.15, 0.2) is 53.5 Å². The van der Waals surface area contributed by atoms with E-state index in [2.05, 4.69) is 67.7 Å². The summed E-state index contributed by atoms with van der Waals surface area (Å²) >= 11 is 0. The number of carbonyl (C=O) groups excluding carboxylic acids is 1. The van der Waals surface area contributed by atoms with Crippen LogP contribution in [0.1, 0.15) is 54.0 Å². The van der Waals surface area contributed by atoms with Gasteiger partial charge in [-0.3, -0.25) is 9.79 Å². The average molecular weight is 483 g/mol. The number of amides is 1. The van der Waals surface area contributed by atoms with Crippen LogP contribution in [-0.2, 0) is 4.79 Å². The van der Waals surface area contributed by atoms with Crippen molar-refractivity contribution >= 4 is 40.0 Å². The van der Waals surface area contributed by atoms with E-state index < -0.39 is 16.6 Å². The molecule has 0 aliphatic heterocycles. The molecule has 180 valence electrons. The molecule has 0 heterocycles. The first-order valence-corrected chi connectivity index (χ1v) is 17.6. The zero-order valence-electron chi connectivity index (χ0n) is 22.4. The molecule has 0 aliphatic rings. The van der Waals surface area contributed by atoms with Crippen molar-refractivity contribution in [2.75, 3.05) is 4.57 Å². The number of hydrogen-bond donors (Lipinski definition) is 0. The second-order valence-corrected chi connectivity index (χ2v) is 21.6. The topological polar surface area (TPSA) is 41.9 Å². The predicted molar refractivity (Wildman–Crippen MR) is 148 cm³/mol. The quantitative estimate of drug-likeness (QED) is 0.308. The molecule has 0 aliphatic carbocycles. The Bertz CT molecular complexity index is 998. The molecular formula is C27H42N2O2Si2. The minimum absolute atomic E-state index is 0.0589. The number of anilines is 1. The number of para-hydroxylation sites is 1. The zero-order chi connectivity index (χ0) is 25.2. The molecule has 1 amide bonds. The van der Waals surface area contributed by atoms with Crippen molar-refractivity contribution in [3.05, 3.63) is 54.1 Å². The van der Waals surface area contributed by atoms with E-state index in [0.29, 0.717) is 0 Å². The largest absolute Gasteiger partial charge is 0.543 e. The zero-order valence-corrected chi connectivity index (χ0v) is 24.4. The van der Waals surface area contributed by atoms with Gasteiger partial charge in [-0.15, -0.1) is 0 Å². The van der Waals surface area contributed by atoms with Crippen molar-refractivity contribution in [2.45, 2.75) is 84.7 Å². The Morgan fingerprint density at radius 1 is 0.879 bits per heavy atom. The van der Waals surface area contributed by atoms with Gasteiger partial charge in [0.2, 0.25) is 5.91 Å². The molecule has 2 aromatic carbocycles. The lowest BCUT2D eigenvalue weighted by molar-refractivity contribution is -0.115. The third-order valence-corrected chi connectivity index (χ3v) is 17.0. The molecule has 0 saturated carbocycles. The molecule has 0 saturated heterocycles. The molecule has 0 aromatic heterocycles. The van der Waals surface area contributed by atoms with Gasteiger partial charge in [0.25, 0.3) is 8.32 Å². The minimum Gasteiger partial charge on any atom is -0.543 e. The highest BCUT2D eigenvalue weighted by molar-refractivity contribution is 6.86. The Morgan fingerprint density at radius 3 is 1.91 bits per heavy atom. The van der Waals surface area contributed by atoms with E-state index in [1.807, 2.05) is 59.3 Å². The second-order valence-electron chi connectivity index (χ2n) is 11.8.